The molecular weight excluding hydrogens is 281 g/mol. The standard InChI is InChI=1S/C18H16FNO2/c19-15-7-8-17-16(10-15)14(11-20-17)6-9-18(21)22-12-13-4-2-1-3-5-13/h1-5,7-8,10-11,20H,6,9,12H2. The molecule has 1 N–H and O–H groups in total. The number of hydrogen-bond acceptors (Lipinski definition) is 2. The largest absolute Gasteiger partial charge is 0.461 e. The number of aryl methyl sites for hydroxylation is 1. The van der Waals surface area contributed by atoms with Crippen LogP contribution in [0.5, 0.6) is 0 Å². The monoisotopic (exact) mass is 297 g/mol. The molecule has 0 saturated carbocycles. The Labute approximate surface area is 127 Å². The summed E-state index contributed by atoms with van der Waals surface area (Å²) < 4.78 is 18.5. The van der Waals surface area contributed by atoms with Crippen molar-refractivity contribution >= 4 is 16.9 Å². The molecule has 0 aliphatic rings. The van der Waals surface area contributed by atoms with Crippen molar-refractivity contribution in [1.29, 1.82) is 0 Å². The topological polar surface area (TPSA) is 42.1 Å². The van der Waals surface area contributed by atoms with Gasteiger partial charge in [0.05, 0.1) is 0 Å². The summed E-state index contributed by atoms with van der Waals surface area (Å²) >= 11 is 0. The van der Waals surface area contributed by atoms with Crippen LogP contribution in [0.2, 0.25) is 0 Å². The third-order valence-corrected chi connectivity index (χ3v) is 3.57. The fourth-order valence-corrected chi connectivity index (χ4v) is 2.40. The zero-order valence-electron chi connectivity index (χ0n) is 12.0. The third-order valence-electron chi connectivity index (χ3n) is 3.57. The van der Waals surface area contributed by atoms with Gasteiger partial charge in [-0.15, -0.1) is 0 Å². The molecule has 22 heavy (non-hydrogen) atoms. The van der Waals surface area contributed by atoms with E-state index in [4.69, 9.17) is 4.74 Å². The zero-order valence-corrected chi connectivity index (χ0v) is 12.0. The normalized spacial score (nSPS) is 10.8. The second-order valence-corrected chi connectivity index (χ2v) is 5.15. The molecule has 0 bridgehead atoms. The van der Waals surface area contributed by atoms with E-state index >= 15 is 0 Å². The number of ether oxygens (including phenoxy) is 1. The highest BCUT2D eigenvalue weighted by molar-refractivity contribution is 5.83. The smallest absolute Gasteiger partial charge is 0.306 e. The molecule has 3 aromatic rings. The Hall–Kier alpha value is -2.62. The number of aromatic nitrogens is 1. The maximum atomic E-state index is 13.3. The first-order chi connectivity index (χ1) is 10.7. The Morgan fingerprint density at radius 1 is 1.14 bits per heavy atom. The Morgan fingerprint density at radius 2 is 1.95 bits per heavy atom. The summed E-state index contributed by atoms with van der Waals surface area (Å²) in [4.78, 5) is 14.9. The van der Waals surface area contributed by atoms with Crippen LogP contribution in [0.25, 0.3) is 10.9 Å². The summed E-state index contributed by atoms with van der Waals surface area (Å²) in [6, 6.07) is 14.1. The molecule has 0 spiro atoms. The van der Waals surface area contributed by atoms with Gasteiger partial charge in [0.15, 0.2) is 0 Å². The number of aromatic amines is 1. The minimum absolute atomic E-state index is 0.255. The van der Waals surface area contributed by atoms with E-state index in [0.29, 0.717) is 6.42 Å². The van der Waals surface area contributed by atoms with E-state index in [2.05, 4.69) is 4.98 Å². The first kappa shape index (κ1) is 14.3. The fourth-order valence-electron chi connectivity index (χ4n) is 2.40. The van der Waals surface area contributed by atoms with Crippen LogP contribution in [0.3, 0.4) is 0 Å². The minimum atomic E-state index is -0.278. The number of fused-ring (bicyclic) bond motifs is 1. The predicted octanol–water partition coefficient (Wildman–Crippen LogP) is 3.98. The Kier molecular flexibility index (Phi) is 4.19. The number of halogens is 1. The van der Waals surface area contributed by atoms with Gasteiger partial charge in [0.2, 0.25) is 0 Å². The van der Waals surface area contributed by atoms with Crippen molar-refractivity contribution in [3.8, 4) is 0 Å². The van der Waals surface area contributed by atoms with Gasteiger partial charge in [-0.25, -0.2) is 4.39 Å². The molecule has 0 aliphatic heterocycles. The quantitative estimate of drug-likeness (QED) is 0.724. The number of benzene rings is 2. The molecule has 0 radical (unpaired) electrons. The summed E-state index contributed by atoms with van der Waals surface area (Å²) in [5.41, 5.74) is 2.75. The Bertz CT molecular complexity index is 780. The van der Waals surface area contributed by atoms with Crippen LogP contribution in [0.1, 0.15) is 17.5 Å². The lowest BCUT2D eigenvalue weighted by Gasteiger charge is -2.04. The van der Waals surface area contributed by atoms with Crippen molar-refractivity contribution in [3.63, 3.8) is 0 Å². The Morgan fingerprint density at radius 3 is 2.77 bits per heavy atom. The summed E-state index contributed by atoms with van der Waals surface area (Å²) in [6.07, 6.45) is 2.61. The Balaban J connectivity index is 1.57. The number of H-pyrrole nitrogens is 1. The predicted molar refractivity (Wildman–Crippen MR) is 82.8 cm³/mol. The van der Waals surface area contributed by atoms with Crippen LogP contribution >= 0.6 is 0 Å². The van der Waals surface area contributed by atoms with Crippen molar-refractivity contribution in [2.75, 3.05) is 0 Å². The molecule has 0 amide bonds. The van der Waals surface area contributed by atoms with Crippen LogP contribution in [0.4, 0.5) is 4.39 Å². The SMILES string of the molecule is O=C(CCc1c[nH]c2ccc(F)cc12)OCc1ccccc1. The lowest BCUT2D eigenvalue weighted by Crippen LogP contribution is -2.05. The lowest BCUT2D eigenvalue weighted by molar-refractivity contribution is -0.144. The molecule has 0 fully saturated rings. The van der Waals surface area contributed by atoms with Crippen LogP contribution in [0.15, 0.2) is 54.7 Å². The molecule has 1 heterocycles. The van der Waals surface area contributed by atoms with E-state index < -0.39 is 0 Å². The van der Waals surface area contributed by atoms with Crippen molar-refractivity contribution in [2.45, 2.75) is 19.4 Å². The highest BCUT2D eigenvalue weighted by atomic mass is 19.1. The van der Waals surface area contributed by atoms with Crippen LogP contribution in [0, 0.1) is 5.82 Å². The molecular formula is C18H16FNO2. The van der Waals surface area contributed by atoms with Crippen molar-refractivity contribution in [3.05, 3.63) is 71.7 Å². The zero-order chi connectivity index (χ0) is 15.4. The summed E-state index contributed by atoms with van der Waals surface area (Å²) in [7, 11) is 0. The summed E-state index contributed by atoms with van der Waals surface area (Å²) in [5, 5.41) is 0.816. The molecule has 0 atom stereocenters. The summed E-state index contributed by atoms with van der Waals surface area (Å²) in [6.45, 7) is 0.280. The average Bonchev–Trinajstić information content (AvgIpc) is 2.94. The maximum Gasteiger partial charge on any atom is 0.306 e. The minimum Gasteiger partial charge on any atom is -0.461 e. The highest BCUT2D eigenvalue weighted by Crippen LogP contribution is 2.20. The second kappa shape index (κ2) is 6.43. The van der Waals surface area contributed by atoms with Gasteiger partial charge < -0.3 is 9.72 Å². The highest BCUT2D eigenvalue weighted by Gasteiger charge is 2.09. The number of rotatable bonds is 5. The maximum absolute atomic E-state index is 13.3. The third kappa shape index (κ3) is 3.34. The molecule has 3 rings (SSSR count). The van der Waals surface area contributed by atoms with E-state index in [9.17, 15) is 9.18 Å². The number of hydrogen-bond donors (Lipinski definition) is 1. The van der Waals surface area contributed by atoms with E-state index in [-0.39, 0.29) is 24.8 Å². The molecule has 0 unspecified atom stereocenters. The van der Waals surface area contributed by atoms with Gasteiger partial charge in [-0.1, -0.05) is 30.3 Å². The molecule has 0 aliphatic carbocycles. The van der Waals surface area contributed by atoms with Gasteiger partial charge >= 0.3 is 5.97 Å². The van der Waals surface area contributed by atoms with Gasteiger partial charge in [-0.05, 0) is 35.7 Å². The number of carbonyl (C=O) groups excluding carboxylic acids is 1. The van der Waals surface area contributed by atoms with Crippen molar-refractivity contribution < 1.29 is 13.9 Å². The fraction of sp³-hybridized carbons (Fsp3) is 0.167. The van der Waals surface area contributed by atoms with E-state index in [1.165, 1.54) is 12.1 Å². The summed E-state index contributed by atoms with van der Waals surface area (Å²) in [5.74, 6) is -0.533. The second-order valence-electron chi connectivity index (χ2n) is 5.15. The van der Waals surface area contributed by atoms with Gasteiger partial charge in [-0.2, -0.15) is 0 Å². The van der Waals surface area contributed by atoms with Crippen molar-refractivity contribution in [2.24, 2.45) is 0 Å². The molecule has 0 saturated heterocycles. The molecule has 3 nitrogen and oxygen atoms in total. The first-order valence-corrected chi connectivity index (χ1v) is 7.17. The van der Waals surface area contributed by atoms with Crippen LogP contribution < -0.4 is 0 Å². The number of carbonyl (C=O) groups is 1. The number of nitrogens with one attached hydrogen (secondary N) is 1. The first-order valence-electron chi connectivity index (χ1n) is 7.17. The van der Waals surface area contributed by atoms with Crippen LogP contribution in [-0.2, 0) is 22.6 Å². The molecule has 1 aromatic heterocycles. The average molecular weight is 297 g/mol. The van der Waals surface area contributed by atoms with Gasteiger partial charge in [0.1, 0.15) is 12.4 Å². The van der Waals surface area contributed by atoms with Crippen molar-refractivity contribution in [1.82, 2.24) is 4.98 Å². The van der Waals surface area contributed by atoms with E-state index in [1.807, 2.05) is 36.5 Å². The number of esters is 1. The van der Waals surface area contributed by atoms with Crippen LogP contribution in [-0.4, -0.2) is 11.0 Å². The van der Waals surface area contributed by atoms with Gasteiger partial charge in [-0.3, -0.25) is 4.79 Å². The molecule has 2 aromatic carbocycles. The lowest BCUT2D eigenvalue weighted by atomic mass is 10.1. The van der Waals surface area contributed by atoms with Gasteiger partial charge in [0, 0.05) is 23.5 Å². The molecule has 4 heteroatoms. The van der Waals surface area contributed by atoms with Gasteiger partial charge in [0.25, 0.3) is 0 Å². The van der Waals surface area contributed by atoms with E-state index in [1.54, 1.807) is 6.07 Å². The van der Waals surface area contributed by atoms with E-state index in [0.717, 1.165) is 22.0 Å². The molecule has 112 valence electrons.